The number of hydrogen-bond acceptors (Lipinski definition) is 4. The van der Waals surface area contributed by atoms with Gasteiger partial charge < -0.3 is 19.0 Å². The first-order valence-corrected chi connectivity index (χ1v) is 11.1. The van der Waals surface area contributed by atoms with Crippen LogP contribution in [0, 0.1) is 0 Å². The van der Waals surface area contributed by atoms with E-state index in [9.17, 15) is 9.59 Å². The van der Waals surface area contributed by atoms with E-state index < -0.39 is 5.54 Å². The summed E-state index contributed by atoms with van der Waals surface area (Å²) >= 11 is 0. The number of carbonyl (C=O) groups is 2. The minimum atomic E-state index is -1.19. The van der Waals surface area contributed by atoms with Gasteiger partial charge in [0.1, 0.15) is 22.7 Å². The number of hydrogen-bond donors (Lipinski definition) is 1. The van der Waals surface area contributed by atoms with Gasteiger partial charge in [-0.2, -0.15) is 0 Å². The van der Waals surface area contributed by atoms with Crippen LogP contribution in [0.3, 0.4) is 0 Å². The van der Waals surface area contributed by atoms with Crippen LogP contribution in [0.4, 0.5) is 5.69 Å². The standard InChI is InChI=1S/C27H25N3O4/c1-27(26(32)28-17-19-7-4-3-5-8-19)18-29-22(24-9-6-16-34-24)14-15-23(29)25(31)30(27)20-10-12-21(33-2)13-11-20/h3-16H,17-18H2,1-2H3,(H,28,32)/t27-/m0/s1. The van der Waals surface area contributed by atoms with E-state index in [4.69, 9.17) is 9.15 Å². The number of furan rings is 1. The first-order valence-electron chi connectivity index (χ1n) is 11.1. The molecule has 4 aromatic rings. The highest BCUT2D eigenvalue weighted by molar-refractivity contribution is 6.12. The lowest BCUT2D eigenvalue weighted by atomic mass is 9.93. The van der Waals surface area contributed by atoms with E-state index in [0.29, 0.717) is 29.4 Å². The predicted octanol–water partition coefficient (Wildman–Crippen LogP) is 4.49. The van der Waals surface area contributed by atoms with E-state index in [2.05, 4.69) is 5.32 Å². The van der Waals surface area contributed by atoms with Gasteiger partial charge in [0.15, 0.2) is 0 Å². The molecule has 1 N–H and O–H groups in total. The van der Waals surface area contributed by atoms with Gasteiger partial charge in [-0.1, -0.05) is 30.3 Å². The molecule has 0 unspecified atom stereocenters. The highest BCUT2D eigenvalue weighted by atomic mass is 16.5. The SMILES string of the molecule is COc1ccc(N2C(=O)c3ccc(-c4ccco4)n3C[C@@]2(C)C(=O)NCc2ccccc2)cc1. The topological polar surface area (TPSA) is 76.7 Å². The maximum atomic E-state index is 13.8. The average molecular weight is 456 g/mol. The number of nitrogens with zero attached hydrogens (tertiary/aromatic N) is 2. The second kappa shape index (κ2) is 8.59. The molecular formula is C27H25N3O4. The summed E-state index contributed by atoms with van der Waals surface area (Å²) in [5.74, 6) is 0.813. The number of benzene rings is 2. The summed E-state index contributed by atoms with van der Waals surface area (Å²) in [5, 5.41) is 3.03. The maximum absolute atomic E-state index is 13.8. The van der Waals surface area contributed by atoms with Crippen LogP contribution < -0.4 is 15.0 Å². The largest absolute Gasteiger partial charge is 0.497 e. The Morgan fingerprint density at radius 1 is 1.00 bits per heavy atom. The minimum absolute atomic E-state index is 0.245. The highest BCUT2D eigenvalue weighted by Crippen LogP contribution is 2.37. The van der Waals surface area contributed by atoms with Crippen molar-refractivity contribution in [2.45, 2.75) is 25.6 Å². The van der Waals surface area contributed by atoms with E-state index in [0.717, 1.165) is 11.3 Å². The fourth-order valence-electron chi connectivity index (χ4n) is 4.46. The number of rotatable bonds is 6. The zero-order valence-electron chi connectivity index (χ0n) is 19.0. The highest BCUT2D eigenvalue weighted by Gasteiger charge is 2.48. The molecule has 34 heavy (non-hydrogen) atoms. The van der Waals surface area contributed by atoms with Crippen LogP contribution in [0.15, 0.2) is 89.5 Å². The molecule has 0 saturated heterocycles. The second-order valence-electron chi connectivity index (χ2n) is 8.45. The molecule has 7 nitrogen and oxygen atoms in total. The van der Waals surface area contributed by atoms with E-state index in [1.165, 1.54) is 0 Å². The van der Waals surface area contributed by atoms with Crippen molar-refractivity contribution in [2.24, 2.45) is 0 Å². The van der Waals surface area contributed by atoms with Crippen molar-refractivity contribution >= 4 is 17.5 Å². The Morgan fingerprint density at radius 2 is 1.74 bits per heavy atom. The number of nitrogens with one attached hydrogen (secondary N) is 1. The number of anilines is 1. The lowest BCUT2D eigenvalue weighted by Crippen LogP contribution is -2.64. The molecule has 3 heterocycles. The Kier molecular flexibility index (Phi) is 5.45. The Bertz CT molecular complexity index is 1310. The van der Waals surface area contributed by atoms with Crippen LogP contribution in [-0.2, 0) is 17.9 Å². The lowest BCUT2D eigenvalue weighted by molar-refractivity contribution is -0.126. The third-order valence-corrected chi connectivity index (χ3v) is 6.25. The lowest BCUT2D eigenvalue weighted by Gasteiger charge is -2.44. The molecule has 5 rings (SSSR count). The van der Waals surface area contributed by atoms with Crippen molar-refractivity contribution in [3.05, 3.63) is 96.4 Å². The molecule has 0 fully saturated rings. The van der Waals surface area contributed by atoms with E-state index in [-0.39, 0.29) is 18.4 Å². The van der Waals surface area contributed by atoms with Gasteiger partial charge in [-0.25, -0.2) is 0 Å². The molecule has 2 amide bonds. The van der Waals surface area contributed by atoms with Gasteiger partial charge in [-0.15, -0.1) is 0 Å². The van der Waals surface area contributed by atoms with Gasteiger partial charge >= 0.3 is 0 Å². The number of methoxy groups -OCH3 is 1. The molecule has 1 aliphatic rings. The summed E-state index contributed by atoms with van der Waals surface area (Å²) in [7, 11) is 1.59. The molecule has 1 atom stereocenters. The van der Waals surface area contributed by atoms with Gasteiger partial charge in [-0.3, -0.25) is 14.5 Å². The van der Waals surface area contributed by atoms with E-state index in [1.54, 1.807) is 61.6 Å². The molecule has 2 aromatic carbocycles. The molecule has 0 radical (unpaired) electrons. The summed E-state index contributed by atoms with van der Waals surface area (Å²) in [5.41, 5.74) is 1.67. The Hall–Kier alpha value is -4.26. The fraction of sp³-hybridized carbons (Fsp3) is 0.185. The third-order valence-electron chi connectivity index (χ3n) is 6.25. The van der Waals surface area contributed by atoms with Gasteiger partial charge in [0.05, 0.1) is 25.6 Å². The Labute approximate surface area is 197 Å². The van der Waals surface area contributed by atoms with E-state index in [1.807, 2.05) is 47.0 Å². The van der Waals surface area contributed by atoms with Crippen LogP contribution in [0.25, 0.3) is 11.5 Å². The van der Waals surface area contributed by atoms with Crippen molar-refractivity contribution in [1.82, 2.24) is 9.88 Å². The Morgan fingerprint density at radius 3 is 2.41 bits per heavy atom. The number of ether oxygens (including phenoxy) is 1. The minimum Gasteiger partial charge on any atom is -0.497 e. The van der Waals surface area contributed by atoms with Gasteiger partial charge in [0.2, 0.25) is 5.91 Å². The van der Waals surface area contributed by atoms with Crippen LogP contribution >= 0.6 is 0 Å². The monoisotopic (exact) mass is 455 g/mol. The molecule has 1 aliphatic heterocycles. The molecule has 0 bridgehead atoms. The number of carbonyl (C=O) groups excluding carboxylic acids is 2. The zero-order chi connectivity index (χ0) is 23.7. The summed E-state index contributed by atoms with van der Waals surface area (Å²) in [6, 6.07) is 24.1. The van der Waals surface area contributed by atoms with Crippen LogP contribution in [0.2, 0.25) is 0 Å². The van der Waals surface area contributed by atoms with Gasteiger partial charge in [-0.05, 0) is 61.0 Å². The van der Waals surface area contributed by atoms with Crippen molar-refractivity contribution in [1.29, 1.82) is 0 Å². The first-order chi connectivity index (χ1) is 16.5. The van der Waals surface area contributed by atoms with Gasteiger partial charge in [0.25, 0.3) is 5.91 Å². The van der Waals surface area contributed by atoms with Gasteiger partial charge in [0, 0.05) is 12.2 Å². The molecule has 172 valence electrons. The number of amides is 2. The van der Waals surface area contributed by atoms with Crippen molar-refractivity contribution in [3.63, 3.8) is 0 Å². The summed E-state index contributed by atoms with van der Waals surface area (Å²) in [4.78, 5) is 29.1. The molecular weight excluding hydrogens is 430 g/mol. The predicted molar refractivity (Wildman–Crippen MR) is 129 cm³/mol. The number of aromatic nitrogens is 1. The first kappa shape index (κ1) is 21.6. The van der Waals surface area contributed by atoms with Crippen molar-refractivity contribution in [3.8, 4) is 17.2 Å². The smallest absolute Gasteiger partial charge is 0.275 e. The fourth-order valence-corrected chi connectivity index (χ4v) is 4.46. The average Bonchev–Trinajstić information content (AvgIpc) is 3.53. The quantitative estimate of drug-likeness (QED) is 0.465. The van der Waals surface area contributed by atoms with Crippen LogP contribution in [-0.4, -0.2) is 29.0 Å². The summed E-state index contributed by atoms with van der Waals surface area (Å²) in [6.45, 7) is 2.43. The molecule has 0 spiro atoms. The summed E-state index contributed by atoms with van der Waals surface area (Å²) < 4.78 is 12.7. The van der Waals surface area contributed by atoms with Crippen molar-refractivity contribution in [2.75, 3.05) is 12.0 Å². The van der Waals surface area contributed by atoms with E-state index >= 15 is 0 Å². The molecule has 2 aromatic heterocycles. The van der Waals surface area contributed by atoms with Crippen LogP contribution in [0.5, 0.6) is 5.75 Å². The normalized spacial score (nSPS) is 17.4. The third kappa shape index (κ3) is 3.65. The molecule has 7 heteroatoms. The van der Waals surface area contributed by atoms with Crippen molar-refractivity contribution < 1.29 is 18.7 Å². The maximum Gasteiger partial charge on any atom is 0.275 e. The second-order valence-corrected chi connectivity index (χ2v) is 8.45. The molecule has 0 aliphatic carbocycles. The van der Waals surface area contributed by atoms with Crippen LogP contribution in [0.1, 0.15) is 23.0 Å². The Balaban J connectivity index is 1.56. The molecule has 0 saturated carbocycles. The zero-order valence-corrected chi connectivity index (χ0v) is 19.0. The summed E-state index contributed by atoms with van der Waals surface area (Å²) in [6.07, 6.45) is 1.59. The number of fused-ring (bicyclic) bond motifs is 1.